The van der Waals surface area contributed by atoms with Gasteiger partial charge in [-0.1, -0.05) is 0 Å². The van der Waals surface area contributed by atoms with Gasteiger partial charge in [0.15, 0.2) is 6.23 Å². The lowest BCUT2D eigenvalue weighted by Crippen LogP contribution is -2.09. The Labute approximate surface area is 101 Å². The van der Waals surface area contributed by atoms with Gasteiger partial charge >= 0.3 is 5.82 Å². The van der Waals surface area contributed by atoms with E-state index >= 15 is 0 Å². The number of hydrogen-bond acceptors (Lipinski definition) is 4. The maximum absolute atomic E-state index is 12.8. The third-order valence-corrected chi connectivity index (χ3v) is 2.44. The van der Waals surface area contributed by atoms with Gasteiger partial charge in [-0.3, -0.25) is 0 Å². The summed E-state index contributed by atoms with van der Waals surface area (Å²) in [5, 5.41) is 20.4. The Morgan fingerprint density at radius 2 is 2.06 bits per heavy atom. The minimum Gasteiger partial charge on any atom is -0.358 e. The van der Waals surface area contributed by atoms with Gasteiger partial charge in [0.25, 0.3) is 0 Å². The summed E-state index contributed by atoms with van der Waals surface area (Å²) < 4.78 is 13.9. The standard InChI is InChI=1S/C11H10FN3O3/c1-7(16)14-10(15(17)18)6-13-11(14)8-2-4-9(12)5-3-8/h2-7,16H,1H3. The molecule has 0 amide bonds. The van der Waals surface area contributed by atoms with Gasteiger partial charge in [0.2, 0.25) is 5.82 Å². The Balaban J connectivity index is 2.57. The van der Waals surface area contributed by atoms with Crippen LogP contribution in [0.25, 0.3) is 11.4 Å². The summed E-state index contributed by atoms with van der Waals surface area (Å²) in [6.45, 7) is 1.39. The van der Waals surface area contributed by atoms with Crippen molar-refractivity contribution < 1.29 is 14.4 Å². The van der Waals surface area contributed by atoms with Crippen LogP contribution in [0.3, 0.4) is 0 Å². The predicted octanol–water partition coefficient (Wildman–Crippen LogP) is 2.11. The van der Waals surface area contributed by atoms with Gasteiger partial charge in [-0.05, 0) is 29.2 Å². The van der Waals surface area contributed by atoms with Gasteiger partial charge in [-0.15, -0.1) is 0 Å². The monoisotopic (exact) mass is 251 g/mol. The molecule has 0 bridgehead atoms. The molecule has 1 unspecified atom stereocenters. The van der Waals surface area contributed by atoms with Crippen LogP contribution in [0.4, 0.5) is 10.2 Å². The molecule has 0 fully saturated rings. The van der Waals surface area contributed by atoms with Crippen molar-refractivity contribution in [1.29, 1.82) is 0 Å². The van der Waals surface area contributed by atoms with E-state index in [9.17, 15) is 19.6 Å². The molecule has 0 aliphatic heterocycles. The predicted molar refractivity (Wildman–Crippen MR) is 61.2 cm³/mol. The average molecular weight is 251 g/mol. The fourth-order valence-corrected chi connectivity index (χ4v) is 1.67. The Morgan fingerprint density at radius 1 is 1.44 bits per heavy atom. The van der Waals surface area contributed by atoms with Gasteiger partial charge in [-0.25, -0.2) is 9.37 Å². The fraction of sp³-hybridized carbons (Fsp3) is 0.182. The second-order valence-corrected chi connectivity index (χ2v) is 3.71. The number of aromatic nitrogens is 2. The fourth-order valence-electron chi connectivity index (χ4n) is 1.67. The zero-order valence-electron chi connectivity index (χ0n) is 9.45. The van der Waals surface area contributed by atoms with Gasteiger partial charge in [0, 0.05) is 12.5 Å². The van der Waals surface area contributed by atoms with Gasteiger partial charge < -0.3 is 15.2 Å². The summed E-state index contributed by atoms with van der Waals surface area (Å²) in [7, 11) is 0. The van der Waals surface area contributed by atoms with Crippen molar-refractivity contribution in [1.82, 2.24) is 9.55 Å². The second kappa shape index (κ2) is 4.53. The summed E-state index contributed by atoms with van der Waals surface area (Å²) in [6, 6.07) is 5.34. The summed E-state index contributed by atoms with van der Waals surface area (Å²) in [5.74, 6) is -0.510. The van der Waals surface area contributed by atoms with E-state index in [1.807, 2.05) is 0 Å². The molecule has 1 aromatic carbocycles. The molecule has 94 valence electrons. The Bertz CT molecular complexity index is 578. The first-order valence-corrected chi connectivity index (χ1v) is 5.16. The number of hydrogen-bond donors (Lipinski definition) is 1. The highest BCUT2D eigenvalue weighted by atomic mass is 19.1. The number of benzene rings is 1. The number of imidazole rings is 1. The maximum atomic E-state index is 12.8. The Morgan fingerprint density at radius 3 is 2.56 bits per heavy atom. The minimum atomic E-state index is -1.10. The zero-order chi connectivity index (χ0) is 13.3. The quantitative estimate of drug-likeness (QED) is 0.669. The van der Waals surface area contributed by atoms with Crippen LogP contribution >= 0.6 is 0 Å². The molecule has 0 spiro atoms. The van der Waals surface area contributed by atoms with Crippen molar-refractivity contribution >= 4 is 5.82 Å². The molecule has 1 atom stereocenters. The summed E-state index contributed by atoms with van der Waals surface area (Å²) in [4.78, 5) is 14.1. The van der Waals surface area contributed by atoms with E-state index in [2.05, 4.69) is 4.98 Å². The van der Waals surface area contributed by atoms with E-state index in [-0.39, 0.29) is 11.6 Å². The largest absolute Gasteiger partial charge is 0.358 e. The van der Waals surface area contributed by atoms with Gasteiger partial charge in [0.1, 0.15) is 12.0 Å². The van der Waals surface area contributed by atoms with Crippen LogP contribution in [0, 0.1) is 15.9 Å². The topological polar surface area (TPSA) is 81.2 Å². The highest BCUT2D eigenvalue weighted by Crippen LogP contribution is 2.27. The molecule has 0 saturated carbocycles. The number of halogens is 1. The molecule has 7 heteroatoms. The molecular formula is C11H10FN3O3. The number of aliphatic hydroxyl groups excluding tert-OH is 1. The van der Waals surface area contributed by atoms with Crippen LogP contribution in [-0.4, -0.2) is 19.6 Å². The van der Waals surface area contributed by atoms with E-state index in [0.29, 0.717) is 5.56 Å². The van der Waals surface area contributed by atoms with E-state index in [0.717, 1.165) is 10.8 Å². The van der Waals surface area contributed by atoms with Crippen LogP contribution in [-0.2, 0) is 0 Å². The lowest BCUT2D eigenvalue weighted by atomic mass is 10.2. The van der Waals surface area contributed by atoms with Crippen LogP contribution < -0.4 is 0 Å². The number of nitro groups is 1. The normalized spacial score (nSPS) is 12.4. The van der Waals surface area contributed by atoms with Crippen molar-refractivity contribution in [2.45, 2.75) is 13.2 Å². The number of nitrogens with zero attached hydrogens (tertiary/aromatic N) is 3. The smallest absolute Gasteiger partial charge is 0.345 e. The first kappa shape index (κ1) is 12.2. The molecule has 1 N–H and O–H groups in total. The van der Waals surface area contributed by atoms with Gasteiger partial charge in [-0.2, -0.15) is 4.57 Å². The third-order valence-electron chi connectivity index (χ3n) is 2.44. The molecular weight excluding hydrogens is 241 g/mol. The van der Waals surface area contributed by atoms with Crippen molar-refractivity contribution in [3.63, 3.8) is 0 Å². The van der Waals surface area contributed by atoms with E-state index in [1.54, 1.807) is 0 Å². The van der Waals surface area contributed by atoms with E-state index < -0.39 is 17.0 Å². The van der Waals surface area contributed by atoms with Crippen molar-refractivity contribution in [2.24, 2.45) is 0 Å². The zero-order valence-corrected chi connectivity index (χ0v) is 9.45. The Hall–Kier alpha value is -2.28. The number of rotatable bonds is 3. The molecule has 2 rings (SSSR count). The van der Waals surface area contributed by atoms with Crippen LogP contribution in [0.5, 0.6) is 0 Å². The molecule has 0 saturated heterocycles. The van der Waals surface area contributed by atoms with Crippen LogP contribution in [0.1, 0.15) is 13.2 Å². The highest BCUT2D eigenvalue weighted by molar-refractivity contribution is 5.57. The van der Waals surface area contributed by atoms with Crippen molar-refractivity contribution in [3.8, 4) is 11.4 Å². The lowest BCUT2D eigenvalue weighted by Gasteiger charge is -2.06. The molecule has 0 aliphatic carbocycles. The van der Waals surface area contributed by atoms with Crippen LogP contribution in [0.2, 0.25) is 0 Å². The summed E-state index contributed by atoms with van der Waals surface area (Å²) >= 11 is 0. The number of aliphatic hydroxyl groups is 1. The van der Waals surface area contributed by atoms with Crippen LogP contribution in [0.15, 0.2) is 30.5 Å². The van der Waals surface area contributed by atoms with Crippen molar-refractivity contribution in [3.05, 3.63) is 46.4 Å². The second-order valence-electron chi connectivity index (χ2n) is 3.71. The molecule has 1 aromatic heterocycles. The molecule has 0 radical (unpaired) electrons. The highest BCUT2D eigenvalue weighted by Gasteiger charge is 2.24. The molecule has 2 aromatic rings. The summed E-state index contributed by atoms with van der Waals surface area (Å²) in [6.07, 6.45) is -0.0428. The van der Waals surface area contributed by atoms with Gasteiger partial charge in [0.05, 0.1) is 0 Å². The maximum Gasteiger partial charge on any atom is 0.345 e. The van der Waals surface area contributed by atoms with Crippen molar-refractivity contribution in [2.75, 3.05) is 0 Å². The Kier molecular flexibility index (Phi) is 3.07. The third kappa shape index (κ3) is 2.07. The summed E-state index contributed by atoms with van der Waals surface area (Å²) in [5.41, 5.74) is 0.491. The van der Waals surface area contributed by atoms with E-state index in [4.69, 9.17) is 0 Å². The first-order chi connectivity index (χ1) is 8.50. The first-order valence-electron chi connectivity index (χ1n) is 5.16. The lowest BCUT2D eigenvalue weighted by molar-refractivity contribution is -0.393. The molecule has 6 nitrogen and oxygen atoms in total. The molecule has 1 heterocycles. The minimum absolute atomic E-state index is 0.219. The molecule has 0 aliphatic rings. The average Bonchev–Trinajstić information content (AvgIpc) is 2.74. The van der Waals surface area contributed by atoms with E-state index in [1.165, 1.54) is 31.2 Å². The SMILES string of the molecule is CC(O)n1c([N+](=O)[O-])cnc1-c1ccc(F)cc1. The molecule has 18 heavy (non-hydrogen) atoms.